The van der Waals surface area contributed by atoms with Crippen LogP contribution in [0.25, 0.3) is 5.82 Å². The van der Waals surface area contributed by atoms with Gasteiger partial charge in [0.05, 0.1) is 5.69 Å². The van der Waals surface area contributed by atoms with Crippen molar-refractivity contribution in [1.82, 2.24) is 24.9 Å². The summed E-state index contributed by atoms with van der Waals surface area (Å²) in [5.74, 6) is 1.09. The van der Waals surface area contributed by atoms with Gasteiger partial charge in [-0.25, -0.2) is 9.07 Å². The number of benzene rings is 1. The van der Waals surface area contributed by atoms with Crippen LogP contribution in [0, 0.1) is 12.7 Å². The second-order valence-corrected chi connectivity index (χ2v) is 6.20. The van der Waals surface area contributed by atoms with Crippen molar-refractivity contribution >= 4 is 5.82 Å². The largest absolute Gasteiger partial charge is 0.365 e. The first-order valence-corrected chi connectivity index (χ1v) is 8.03. The number of hydrogen-bond donors (Lipinski definition) is 1. The molecule has 0 bridgehead atoms. The second-order valence-electron chi connectivity index (χ2n) is 6.20. The first kappa shape index (κ1) is 17.0. The third kappa shape index (κ3) is 4.39. The lowest BCUT2D eigenvalue weighted by Crippen LogP contribution is -2.12. The summed E-state index contributed by atoms with van der Waals surface area (Å²) in [7, 11) is 3.84. The smallest absolute Gasteiger partial charge is 0.175 e. The molecule has 6 nitrogen and oxygen atoms in total. The van der Waals surface area contributed by atoms with E-state index in [1.54, 1.807) is 10.7 Å². The summed E-state index contributed by atoms with van der Waals surface area (Å²) < 4.78 is 15.8. The first-order chi connectivity index (χ1) is 12.0. The molecule has 0 saturated carbocycles. The molecule has 2 heterocycles. The van der Waals surface area contributed by atoms with E-state index in [2.05, 4.69) is 20.6 Å². The van der Waals surface area contributed by atoms with Gasteiger partial charge in [0, 0.05) is 24.8 Å². The van der Waals surface area contributed by atoms with Crippen molar-refractivity contribution < 1.29 is 4.39 Å². The molecule has 0 aliphatic heterocycles. The minimum absolute atomic E-state index is 0.191. The first-order valence-electron chi connectivity index (χ1n) is 8.03. The molecule has 0 unspecified atom stereocenters. The molecule has 0 aliphatic carbocycles. The average Bonchev–Trinajstić information content (AvgIpc) is 3.02. The average molecular weight is 340 g/mol. The van der Waals surface area contributed by atoms with Crippen LogP contribution in [-0.4, -0.2) is 39.0 Å². The summed E-state index contributed by atoms with van der Waals surface area (Å²) in [6.07, 6.45) is 1.84. The number of hydrogen-bond acceptors (Lipinski definition) is 5. The van der Waals surface area contributed by atoms with E-state index < -0.39 is 0 Å². The van der Waals surface area contributed by atoms with Crippen molar-refractivity contribution in [1.29, 1.82) is 0 Å². The van der Waals surface area contributed by atoms with Crippen LogP contribution in [-0.2, 0) is 13.1 Å². The quantitative estimate of drug-likeness (QED) is 0.748. The Bertz CT molecular complexity index is 841. The van der Waals surface area contributed by atoms with Gasteiger partial charge in [0.15, 0.2) is 5.82 Å². The van der Waals surface area contributed by atoms with Crippen molar-refractivity contribution in [3.8, 4) is 5.82 Å². The van der Waals surface area contributed by atoms with E-state index in [1.165, 1.54) is 0 Å². The minimum atomic E-state index is -0.191. The van der Waals surface area contributed by atoms with Gasteiger partial charge in [-0.05, 0) is 50.8 Å². The van der Waals surface area contributed by atoms with Crippen LogP contribution < -0.4 is 5.32 Å². The van der Waals surface area contributed by atoms with Gasteiger partial charge in [-0.15, -0.1) is 10.2 Å². The molecule has 7 heteroatoms. The number of aryl methyl sites for hydroxylation is 1. The molecule has 0 spiro atoms. The highest BCUT2D eigenvalue weighted by Gasteiger charge is 2.06. The minimum Gasteiger partial charge on any atom is -0.365 e. The molecule has 3 rings (SSSR count). The fourth-order valence-corrected chi connectivity index (χ4v) is 2.45. The van der Waals surface area contributed by atoms with Crippen LogP contribution >= 0.6 is 0 Å². The zero-order chi connectivity index (χ0) is 17.8. The Morgan fingerprint density at radius 3 is 2.56 bits per heavy atom. The van der Waals surface area contributed by atoms with E-state index in [0.717, 1.165) is 11.3 Å². The zero-order valence-corrected chi connectivity index (χ0v) is 14.6. The molecule has 0 amide bonds. The molecule has 1 aromatic carbocycles. The lowest BCUT2D eigenvalue weighted by atomic mass is 10.1. The maximum absolute atomic E-state index is 14.1. The molecule has 0 saturated heterocycles. The molecule has 3 aromatic rings. The van der Waals surface area contributed by atoms with Gasteiger partial charge in [0.2, 0.25) is 0 Å². The van der Waals surface area contributed by atoms with E-state index in [-0.39, 0.29) is 5.82 Å². The Balaban J connectivity index is 1.62. The Hall–Kier alpha value is -2.80. The van der Waals surface area contributed by atoms with Crippen molar-refractivity contribution in [3.05, 3.63) is 65.2 Å². The normalized spacial score (nSPS) is 11.1. The predicted octanol–water partition coefficient (Wildman–Crippen LogP) is 2.78. The van der Waals surface area contributed by atoms with Gasteiger partial charge in [0.25, 0.3) is 0 Å². The maximum atomic E-state index is 14.1. The highest BCUT2D eigenvalue weighted by Crippen LogP contribution is 2.14. The van der Waals surface area contributed by atoms with Gasteiger partial charge in [-0.3, -0.25) is 0 Å². The molecule has 0 fully saturated rings. The van der Waals surface area contributed by atoms with Gasteiger partial charge in [0.1, 0.15) is 11.6 Å². The topological polar surface area (TPSA) is 58.9 Å². The Kier molecular flexibility index (Phi) is 5.04. The van der Waals surface area contributed by atoms with Crippen LogP contribution in [0.15, 0.2) is 42.6 Å². The van der Waals surface area contributed by atoms with Gasteiger partial charge in [-0.1, -0.05) is 12.1 Å². The summed E-state index contributed by atoms with van der Waals surface area (Å²) in [5.41, 5.74) is 2.46. The molecule has 0 atom stereocenters. The monoisotopic (exact) mass is 340 g/mol. The van der Waals surface area contributed by atoms with E-state index in [0.29, 0.717) is 30.3 Å². The molecular weight excluding hydrogens is 319 g/mol. The van der Waals surface area contributed by atoms with Crippen molar-refractivity contribution in [2.75, 3.05) is 19.4 Å². The summed E-state index contributed by atoms with van der Waals surface area (Å²) in [5, 5.41) is 15.7. The molecular formula is C18H21FN6. The molecule has 2 aromatic heterocycles. The van der Waals surface area contributed by atoms with Gasteiger partial charge < -0.3 is 10.2 Å². The fraction of sp³-hybridized carbons (Fsp3) is 0.278. The Morgan fingerprint density at radius 2 is 1.96 bits per heavy atom. The van der Waals surface area contributed by atoms with E-state index in [9.17, 15) is 4.39 Å². The molecule has 0 aliphatic rings. The third-order valence-corrected chi connectivity index (χ3v) is 3.69. The highest BCUT2D eigenvalue weighted by molar-refractivity contribution is 5.37. The lowest BCUT2D eigenvalue weighted by Gasteiger charge is -2.12. The van der Waals surface area contributed by atoms with Crippen LogP contribution in [0.5, 0.6) is 0 Å². The third-order valence-electron chi connectivity index (χ3n) is 3.69. The number of anilines is 1. The van der Waals surface area contributed by atoms with Crippen molar-refractivity contribution in [2.45, 2.75) is 20.0 Å². The Morgan fingerprint density at radius 1 is 1.12 bits per heavy atom. The summed E-state index contributed by atoms with van der Waals surface area (Å²) in [4.78, 5) is 1.94. The summed E-state index contributed by atoms with van der Waals surface area (Å²) in [6, 6.07) is 10.9. The Labute approximate surface area is 146 Å². The maximum Gasteiger partial charge on any atom is 0.175 e. The second kappa shape index (κ2) is 7.40. The van der Waals surface area contributed by atoms with E-state index >= 15 is 0 Å². The highest BCUT2D eigenvalue weighted by atomic mass is 19.1. The molecule has 25 heavy (non-hydrogen) atoms. The summed E-state index contributed by atoms with van der Waals surface area (Å²) >= 11 is 0. The van der Waals surface area contributed by atoms with Crippen LogP contribution in [0.3, 0.4) is 0 Å². The summed E-state index contributed by atoms with van der Waals surface area (Å²) in [6.45, 7) is 2.98. The van der Waals surface area contributed by atoms with Crippen LogP contribution in [0.2, 0.25) is 0 Å². The molecule has 0 radical (unpaired) electrons. The van der Waals surface area contributed by atoms with Crippen LogP contribution in [0.4, 0.5) is 10.2 Å². The lowest BCUT2D eigenvalue weighted by molar-refractivity contribution is 0.392. The zero-order valence-electron chi connectivity index (χ0n) is 14.6. The standard InChI is InChI=1S/C18H21FN6/c1-13-8-9-25(23-13)18-7-6-17(21-22-18)20-11-14-4-5-15(12-24(2)3)16(19)10-14/h4-10H,11-12H2,1-3H3,(H,20,21). The number of aromatic nitrogens is 4. The number of nitrogens with one attached hydrogen (secondary N) is 1. The van der Waals surface area contributed by atoms with E-state index in [4.69, 9.17) is 0 Å². The number of halogens is 1. The van der Waals surface area contributed by atoms with E-state index in [1.807, 2.05) is 62.4 Å². The van der Waals surface area contributed by atoms with Crippen molar-refractivity contribution in [2.24, 2.45) is 0 Å². The van der Waals surface area contributed by atoms with Crippen molar-refractivity contribution in [3.63, 3.8) is 0 Å². The number of rotatable bonds is 6. The van der Waals surface area contributed by atoms with Gasteiger partial charge >= 0.3 is 0 Å². The van der Waals surface area contributed by atoms with Crippen LogP contribution in [0.1, 0.15) is 16.8 Å². The predicted molar refractivity (Wildman–Crippen MR) is 95.0 cm³/mol. The molecule has 1 N–H and O–H groups in total. The van der Waals surface area contributed by atoms with Gasteiger partial charge in [-0.2, -0.15) is 5.10 Å². The number of nitrogens with zero attached hydrogens (tertiary/aromatic N) is 5. The molecule has 130 valence electrons. The SMILES string of the molecule is Cc1ccn(-c2ccc(NCc3ccc(CN(C)C)c(F)c3)nn2)n1. The fourth-order valence-electron chi connectivity index (χ4n) is 2.45.